The fraction of sp³-hybridized carbons (Fsp3) is 0.481. The van der Waals surface area contributed by atoms with E-state index in [0.29, 0.717) is 5.75 Å². The molecule has 2 amide bonds. The maximum Gasteiger partial charge on any atom is 0.238 e. The monoisotopic (exact) mass is 452 g/mol. The predicted molar refractivity (Wildman–Crippen MR) is 136 cm³/mol. The van der Waals surface area contributed by atoms with E-state index < -0.39 is 0 Å². The highest BCUT2D eigenvalue weighted by Gasteiger charge is 2.34. The van der Waals surface area contributed by atoms with Crippen molar-refractivity contribution in [1.29, 1.82) is 0 Å². The number of amides is 2. The number of thioether (sulfide) groups is 1. The number of hydrogen-bond acceptors (Lipinski definition) is 3. The van der Waals surface area contributed by atoms with Crippen LogP contribution in [0.5, 0.6) is 0 Å². The zero-order valence-electron chi connectivity index (χ0n) is 20.0. The summed E-state index contributed by atoms with van der Waals surface area (Å²) in [5, 5.41) is 3.01. The third-order valence-corrected chi connectivity index (χ3v) is 7.30. The van der Waals surface area contributed by atoms with Crippen molar-refractivity contribution in [2.75, 3.05) is 16.0 Å². The maximum atomic E-state index is 12.8. The van der Waals surface area contributed by atoms with Crippen LogP contribution < -0.4 is 10.2 Å². The molecule has 1 aliphatic rings. The van der Waals surface area contributed by atoms with Crippen molar-refractivity contribution in [2.45, 2.75) is 71.1 Å². The zero-order chi connectivity index (χ0) is 23.3. The molecule has 3 rings (SSSR count). The summed E-state index contributed by atoms with van der Waals surface area (Å²) in [6.45, 7) is 10.8. The molecule has 2 aromatic carbocycles. The maximum absolute atomic E-state index is 12.8. The number of anilines is 2. The molecular formula is C27H36N2O2S. The van der Waals surface area contributed by atoms with Crippen molar-refractivity contribution >= 4 is 35.0 Å². The predicted octanol–water partition coefficient (Wildman–Crippen LogP) is 6.92. The summed E-state index contributed by atoms with van der Waals surface area (Å²) in [6, 6.07) is 16.3. The Morgan fingerprint density at radius 3 is 2.50 bits per heavy atom. The molecule has 0 saturated carbocycles. The topological polar surface area (TPSA) is 49.4 Å². The number of hydrogen-bond donors (Lipinski definition) is 1. The van der Waals surface area contributed by atoms with Crippen LogP contribution >= 0.6 is 11.8 Å². The molecule has 32 heavy (non-hydrogen) atoms. The van der Waals surface area contributed by atoms with Gasteiger partial charge in [0.2, 0.25) is 11.8 Å². The molecule has 2 aromatic rings. The second kappa shape index (κ2) is 10.6. The van der Waals surface area contributed by atoms with Crippen LogP contribution in [0.25, 0.3) is 0 Å². The normalized spacial score (nSPS) is 17.5. The van der Waals surface area contributed by atoms with Gasteiger partial charge in [0.1, 0.15) is 5.37 Å². The summed E-state index contributed by atoms with van der Waals surface area (Å²) >= 11 is 1.63. The van der Waals surface area contributed by atoms with Crippen LogP contribution in [-0.2, 0) is 15.0 Å². The van der Waals surface area contributed by atoms with Gasteiger partial charge >= 0.3 is 0 Å². The number of unbranched alkanes of at least 4 members (excludes halogenated alkanes) is 1. The Hall–Kier alpha value is -2.27. The minimum atomic E-state index is -0.0955. The Kier molecular flexibility index (Phi) is 8.05. The summed E-state index contributed by atoms with van der Waals surface area (Å²) in [6.07, 6.45) is 3.93. The SMILES string of the molecule is CCCCC(CC)C(=O)Nc1cccc(C2SCC(=O)N2c2ccc(C(C)(C)C)cc2)c1. The van der Waals surface area contributed by atoms with Gasteiger partial charge in [0.25, 0.3) is 0 Å². The molecule has 0 aliphatic carbocycles. The van der Waals surface area contributed by atoms with Crippen molar-refractivity contribution in [3.8, 4) is 0 Å². The first-order valence-electron chi connectivity index (χ1n) is 11.7. The fourth-order valence-electron chi connectivity index (χ4n) is 4.06. The van der Waals surface area contributed by atoms with Gasteiger partial charge in [-0.3, -0.25) is 14.5 Å². The van der Waals surface area contributed by atoms with Crippen molar-refractivity contribution in [3.63, 3.8) is 0 Å². The van der Waals surface area contributed by atoms with E-state index in [1.807, 2.05) is 41.3 Å². The number of carbonyl (C=O) groups is 2. The molecule has 1 saturated heterocycles. The van der Waals surface area contributed by atoms with Gasteiger partial charge in [-0.2, -0.15) is 0 Å². The van der Waals surface area contributed by atoms with Gasteiger partial charge in [-0.15, -0.1) is 11.8 Å². The summed E-state index contributed by atoms with van der Waals surface area (Å²) in [5.74, 6) is 0.697. The van der Waals surface area contributed by atoms with Crippen molar-refractivity contribution in [2.24, 2.45) is 5.92 Å². The molecule has 0 spiro atoms. The van der Waals surface area contributed by atoms with Crippen LogP contribution in [0.4, 0.5) is 11.4 Å². The van der Waals surface area contributed by atoms with E-state index in [9.17, 15) is 9.59 Å². The van der Waals surface area contributed by atoms with Gasteiger partial charge in [-0.1, -0.05) is 71.7 Å². The van der Waals surface area contributed by atoms with Gasteiger partial charge in [0.05, 0.1) is 5.75 Å². The summed E-state index contributed by atoms with van der Waals surface area (Å²) in [4.78, 5) is 27.4. The molecule has 1 aliphatic heterocycles. The first kappa shape index (κ1) is 24.4. The number of carbonyl (C=O) groups excluding carboxylic acids is 2. The molecule has 2 atom stereocenters. The van der Waals surface area contributed by atoms with Crippen molar-refractivity contribution in [3.05, 3.63) is 59.7 Å². The van der Waals surface area contributed by atoms with Crippen LogP contribution in [0, 0.1) is 5.92 Å². The zero-order valence-corrected chi connectivity index (χ0v) is 20.8. The third-order valence-electron chi connectivity index (χ3n) is 6.09. The molecule has 1 fully saturated rings. The summed E-state index contributed by atoms with van der Waals surface area (Å²) < 4.78 is 0. The van der Waals surface area contributed by atoms with Crippen LogP contribution in [0.1, 0.15) is 76.8 Å². The molecule has 1 heterocycles. The van der Waals surface area contributed by atoms with E-state index in [1.54, 1.807) is 11.8 Å². The molecule has 4 nitrogen and oxygen atoms in total. The van der Waals surface area contributed by atoms with E-state index in [-0.39, 0.29) is 28.5 Å². The first-order valence-corrected chi connectivity index (χ1v) is 12.7. The van der Waals surface area contributed by atoms with Crippen LogP contribution in [0.15, 0.2) is 48.5 Å². The molecule has 2 unspecified atom stereocenters. The van der Waals surface area contributed by atoms with Crippen molar-refractivity contribution in [1.82, 2.24) is 0 Å². The molecule has 5 heteroatoms. The lowest BCUT2D eigenvalue weighted by molar-refractivity contribution is -0.120. The van der Waals surface area contributed by atoms with E-state index in [1.165, 1.54) is 5.56 Å². The number of rotatable bonds is 8. The average molecular weight is 453 g/mol. The highest BCUT2D eigenvalue weighted by atomic mass is 32.2. The largest absolute Gasteiger partial charge is 0.326 e. The van der Waals surface area contributed by atoms with E-state index in [2.05, 4.69) is 52.1 Å². The highest BCUT2D eigenvalue weighted by molar-refractivity contribution is 8.00. The molecule has 1 N–H and O–H groups in total. The number of nitrogens with one attached hydrogen (secondary N) is 1. The van der Waals surface area contributed by atoms with E-state index in [0.717, 1.165) is 42.6 Å². The quantitative estimate of drug-likeness (QED) is 0.473. The third kappa shape index (κ3) is 5.74. The lowest BCUT2D eigenvalue weighted by Gasteiger charge is -2.26. The van der Waals surface area contributed by atoms with E-state index >= 15 is 0 Å². The van der Waals surface area contributed by atoms with Gasteiger partial charge in [0.15, 0.2) is 0 Å². The Bertz CT molecular complexity index is 933. The molecular weight excluding hydrogens is 416 g/mol. The molecule has 0 bridgehead atoms. The average Bonchev–Trinajstić information content (AvgIpc) is 3.15. The fourth-order valence-corrected chi connectivity index (χ4v) is 5.22. The second-order valence-electron chi connectivity index (χ2n) is 9.59. The van der Waals surface area contributed by atoms with Gasteiger partial charge < -0.3 is 5.32 Å². The minimum absolute atomic E-state index is 0.0406. The minimum Gasteiger partial charge on any atom is -0.326 e. The van der Waals surface area contributed by atoms with Crippen LogP contribution in [-0.4, -0.2) is 17.6 Å². The van der Waals surface area contributed by atoms with Crippen LogP contribution in [0.3, 0.4) is 0 Å². The van der Waals surface area contributed by atoms with Gasteiger partial charge in [-0.25, -0.2) is 0 Å². The Morgan fingerprint density at radius 2 is 1.88 bits per heavy atom. The Morgan fingerprint density at radius 1 is 1.16 bits per heavy atom. The highest BCUT2D eigenvalue weighted by Crippen LogP contribution is 2.42. The number of nitrogens with zero attached hydrogens (tertiary/aromatic N) is 1. The second-order valence-corrected chi connectivity index (χ2v) is 10.7. The summed E-state index contributed by atoms with van der Waals surface area (Å²) in [5.41, 5.74) is 4.06. The smallest absolute Gasteiger partial charge is 0.238 e. The Balaban J connectivity index is 1.79. The standard InChI is InChI=1S/C27H36N2O2S/c1-6-8-10-19(7-2)25(31)28-22-12-9-11-20(17-22)26-29(24(30)18-32-26)23-15-13-21(14-16-23)27(3,4)5/h9,11-17,19,26H,6-8,10,18H2,1-5H3,(H,28,31). The number of benzene rings is 2. The van der Waals surface area contributed by atoms with Gasteiger partial charge in [0, 0.05) is 17.3 Å². The van der Waals surface area contributed by atoms with E-state index in [4.69, 9.17) is 0 Å². The lowest BCUT2D eigenvalue weighted by atomic mass is 9.87. The molecule has 0 radical (unpaired) electrons. The van der Waals surface area contributed by atoms with Crippen LogP contribution in [0.2, 0.25) is 0 Å². The lowest BCUT2D eigenvalue weighted by Crippen LogP contribution is -2.28. The molecule has 172 valence electrons. The van der Waals surface area contributed by atoms with Crippen molar-refractivity contribution < 1.29 is 9.59 Å². The van der Waals surface area contributed by atoms with Gasteiger partial charge in [-0.05, 0) is 53.6 Å². The Labute approximate surface area is 197 Å². The first-order chi connectivity index (χ1) is 15.2. The summed E-state index contributed by atoms with van der Waals surface area (Å²) in [7, 11) is 0. The molecule has 0 aromatic heterocycles.